The van der Waals surface area contributed by atoms with Gasteiger partial charge in [0, 0.05) is 0 Å². The van der Waals surface area contributed by atoms with Gasteiger partial charge in [0.05, 0.1) is 17.7 Å². The summed E-state index contributed by atoms with van der Waals surface area (Å²) in [5.74, 6) is 0.132. The van der Waals surface area contributed by atoms with Crippen LogP contribution < -0.4 is 4.74 Å². The van der Waals surface area contributed by atoms with Crippen LogP contribution in [0.3, 0.4) is 0 Å². The van der Waals surface area contributed by atoms with E-state index in [1.54, 1.807) is 19.2 Å². The molecule has 1 saturated carbocycles. The van der Waals surface area contributed by atoms with Crippen LogP contribution in [0.15, 0.2) is 12.1 Å². The molecule has 0 spiro atoms. The first-order valence-corrected chi connectivity index (χ1v) is 5.12. The third-order valence-corrected chi connectivity index (χ3v) is 2.88. The zero-order valence-electron chi connectivity index (χ0n) is 8.29. The average Bonchev–Trinajstić information content (AvgIpc) is 3.00. The van der Waals surface area contributed by atoms with Gasteiger partial charge in [0.15, 0.2) is 0 Å². The fourth-order valence-electron chi connectivity index (χ4n) is 1.63. The van der Waals surface area contributed by atoms with Crippen LogP contribution in [0.25, 0.3) is 0 Å². The molecule has 2 rings (SSSR count). The van der Waals surface area contributed by atoms with E-state index in [4.69, 9.17) is 21.4 Å². The second kappa shape index (κ2) is 3.74. The summed E-state index contributed by atoms with van der Waals surface area (Å²) in [5.41, 5.74) is 1.11. The average molecular weight is 227 g/mol. The summed E-state index contributed by atoms with van der Waals surface area (Å²) in [5, 5.41) is 9.16. The Morgan fingerprint density at radius 3 is 2.67 bits per heavy atom. The van der Waals surface area contributed by atoms with Crippen LogP contribution in [-0.4, -0.2) is 18.2 Å². The molecule has 1 aliphatic carbocycles. The molecule has 0 bridgehead atoms. The fraction of sp³-hybridized carbons (Fsp3) is 0.364. The van der Waals surface area contributed by atoms with Gasteiger partial charge in [0.1, 0.15) is 5.75 Å². The molecule has 1 aromatic rings. The molecule has 0 amide bonds. The molecule has 0 saturated heterocycles. The third-order valence-electron chi connectivity index (χ3n) is 2.57. The quantitative estimate of drug-likeness (QED) is 0.862. The van der Waals surface area contributed by atoms with E-state index in [9.17, 15) is 4.79 Å². The van der Waals surface area contributed by atoms with Crippen molar-refractivity contribution in [3.63, 3.8) is 0 Å². The Morgan fingerprint density at radius 1 is 1.53 bits per heavy atom. The second-order valence-corrected chi connectivity index (χ2v) is 4.06. The van der Waals surface area contributed by atoms with E-state index in [0.717, 1.165) is 18.4 Å². The largest absolute Gasteiger partial charge is 0.496 e. The highest BCUT2D eigenvalue weighted by Gasteiger charge is 2.28. The Kier molecular flexibility index (Phi) is 2.57. The number of hydrogen-bond acceptors (Lipinski definition) is 2. The highest BCUT2D eigenvalue weighted by molar-refractivity contribution is 6.33. The van der Waals surface area contributed by atoms with Gasteiger partial charge in [-0.1, -0.05) is 11.6 Å². The molecule has 0 aliphatic heterocycles. The first kappa shape index (κ1) is 10.3. The molecule has 4 heteroatoms. The minimum absolute atomic E-state index is 0.152. The summed E-state index contributed by atoms with van der Waals surface area (Å²) in [4.78, 5) is 10.9. The Balaban J connectivity index is 2.51. The molecule has 15 heavy (non-hydrogen) atoms. The molecule has 1 fully saturated rings. The predicted molar refractivity (Wildman–Crippen MR) is 56.9 cm³/mol. The Morgan fingerprint density at radius 2 is 2.20 bits per heavy atom. The SMILES string of the molecule is COc1cc(Cl)c(C(=O)O)cc1C1CC1. The Hall–Kier alpha value is -1.22. The number of methoxy groups -OCH3 is 1. The fourth-order valence-corrected chi connectivity index (χ4v) is 1.86. The maximum atomic E-state index is 10.9. The van der Waals surface area contributed by atoms with E-state index in [1.165, 1.54) is 0 Å². The summed E-state index contributed by atoms with van der Waals surface area (Å²) < 4.78 is 5.18. The number of rotatable bonds is 3. The number of carbonyl (C=O) groups is 1. The van der Waals surface area contributed by atoms with Gasteiger partial charge in [-0.3, -0.25) is 0 Å². The number of ether oxygens (including phenoxy) is 1. The zero-order chi connectivity index (χ0) is 11.0. The van der Waals surface area contributed by atoms with Crippen molar-refractivity contribution in [2.24, 2.45) is 0 Å². The first-order chi connectivity index (χ1) is 7.13. The summed E-state index contributed by atoms with van der Waals surface area (Å²) in [6.07, 6.45) is 2.19. The van der Waals surface area contributed by atoms with Crippen molar-refractivity contribution in [3.8, 4) is 5.75 Å². The number of halogens is 1. The maximum absolute atomic E-state index is 10.9. The van der Waals surface area contributed by atoms with Crippen LogP contribution in [0.1, 0.15) is 34.7 Å². The normalized spacial score (nSPS) is 15.1. The minimum Gasteiger partial charge on any atom is -0.496 e. The first-order valence-electron chi connectivity index (χ1n) is 4.74. The van der Waals surface area contributed by atoms with Gasteiger partial charge in [-0.15, -0.1) is 0 Å². The van der Waals surface area contributed by atoms with Crippen LogP contribution in [0.2, 0.25) is 5.02 Å². The van der Waals surface area contributed by atoms with Crippen molar-refractivity contribution < 1.29 is 14.6 Å². The van der Waals surface area contributed by atoms with Crippen molar-refractivity contribution in [3.05, 3.63) is 28.3 Å². The van der Waals surface area contributed by atoms with Crippen LogP contribution in [-0.2, 0) is 0 Å². The number of carboxylic acids is 1. The lowest BCUT2D eigenvalue weighted by Gasteiger charge is -2.09. The minimum atomic E-state index is -0.996. The molecular weight excluding hydrogens is 216 g/mol. The lowest BCUT2D eigenvalue weighted by Crippen LogP contribution is -2.00. The van der Waals surface area contributed by atoms with E-state index in [1.807, 2.05) is 0 Å². The molecule has 0 aromatic heterocycles. The monoisotopic (exact) mass is 226 g/mol. The van der Waals surface area contributed by atoms with Crippen molar-refractivity contribution in [1.29, 1.82) is 0 Å². The van der Waals surface area contributed by atoms with E-state index in [0.29, 0.717) is 11.7 Å². The summed E-state index contributed by atoms with van der Waals surface area (Å²) in [7, 11) is 1.57. The van der Waals surface area contributed by atoms with Crippen molar-refractivity contribution in [2.45, 2.75) is 18.8 Å². The van der Waals surface area contributed by atoms with Crippen molar-refractivity contribution >= 4 is 17.6 Å². The molecule has 0 atom stereocenters. The van der Waals surface area contributed by atoms with E-state index < -0.39 is 5.97 Å². The van der Waals surface area contributed by atoms with Crippen molar-refractivity contribution in [1.82, 2.24) is 0 Å². The smallest absolute Gasteiger partial charge is 0.337 e. The van der Waals surface area contributed by atoms with Crippen LogP contribution >= 0.6 is 11.6 Å². The standard InChI is InChI=1S/C11H11ClO3/c1-15-10-5-9(12)8(11(13)14)4-7(10)6-2-3-6/h4-6H,2-3H2,1H3,(H,13,14). The van der Waals surface area contributed by atoms with Crippen molar-refractivity contribution in [2.75, 3.05) is 7.11 Å². The molecule has 3 nitrogen and oxygen atoms in total. The summed E-state index contributed by atoms with van der Waals surface area (Å²) >= 11 is 5.84. The van der Waals surface area contributed by atoms with Crippen LogP contribution in [0, 0.1) is 0 Å². The summed E-state index contributed by atoms with van der Waals surface area (Å²) in [6, 6.07) is 3.21. The maximum Gasteiger partial charge on any atom is 0.337 e. The molecule has 0 unspecified atom stereocenters. The van der Waals surface area contributed by atoms with Gasteiger partial charge in [0.25, 0.3) is 0 Å². The van der Waals surface area contributed by atoms with Gasteiger partial charge < -0.3 is 9.84 Å². The molecule has 80 valence electrons. The Bertz CT molecular complexity index is 411. The molecule has 0 radical (unpaired) electrons. The third kappa shape index (κ3) is 1.92. The molecule has 1 N–H and O–H groups in total. The lowest BCUT2D eigenvalue weighted by molar-refractivity contribution is 0.0697. The van der Waals surface area contributed by atoms with Crippen LogP contribution in [0.5, 0.6) is 5.75 Å². The van der Waals surface area contributed by atoms with Gasteiger partial charge in [0.2, 0.25) is 0 Å². The van der Waals surface area contributed by atoms with Gasteiger partial charge in [-0.05, 0) is 36.5 Å². The highest BCUT2D eigenvalue weighted by Crippen LogP contribution is 2.45. The van der Waals surface area contributed by atoms with Gasteiger partial charge in [-0.25, -0.2) is 4.79 Å². The molecule has 0 heterocycles. The van der Waals surface area contributed by atoms with Crippen LogP contribution in [0.4, 0.5) is 0 Å². The summed E-state index contributed by atoms with van der Waals surface area (Å²) in [6.45, 7) is 0. The second-order valence-electron chi connectivity index (χ2n) is 3.65. The van der Waals surface area contributed by atoms with Gasteiger partial charge in [-0.2, -0.15) is 0 Å². The van der Waals surface area contributed by atoms with E-state index in [2.05, 4.69) is 0 Å². The number of hydrogen-bond donors (Lipinski definition) is 1. The topological polar surface area (TPSA) is 46.5 Å². The molecule has 1 aromatic carbocycles. The molecule has 1 aliphatic rings. The molecular formula is C11H11ClO3. The van der Waals surface area contributed by atoms with E-state index >= 15 is 0 Å². The Labute approximate surface area is 92.6 Å². The zero-order valence-corrected chi connectivity index (χ0v) is 9.04. The van der Waals surface area contributed by atoms with Gasteiger partial charge >= 0.3 is 5.97 Å². The number of benzene rings is 1. The predicted octanol–water partition coefficient (Wildman–Crippen LogP) is 2.92. The number of carboxylic acid groups (broad SMARTS) is 1. The highest BCUT2D eigenvalue weighted by atomic mass is 35.5. The van der Waals surface area contributed by atoms with E-state index in [-0.39, 0.29) is 10.6 Å². The number of aromatic carboxylic acids is 1. The lowest BCUT2D eigenvalue weighted by atomic mass is 10.1.